The summed E-state index contributed by atoms with van der Waals surface area (Å²) in [7, 11) is 4.96. The van der Waals surface area contributed by atoms with Crippen LogP contribution in [-0.2, 0) is 4.79 Å². The molecular formula is C23H27N3O4. The second-order valence-corrected chi connectivity index (χ2v) is 7.80. The van der Waals surface area contributed by atoms with Crippen LogP contribution >= 0.6 is 0 Å². The molecule has 0 atom stereocenters. The van der Waals surface area contributed by atoms with E-state index in [9.17, 15) is 9.59 Å². The SMILES string of the molecule is COc1ccc(C(=O)N2CCC3(CC2)C(=O)N(C)CN3c2ccccc2)c(OC)c1. The molecule has 2 fully saturated rings. The van der Waals surface area contributed by atoms with Gasteiger partial charge in [-0.2, -0.15) is 0 Å². The fraction of sp³-hybridized carbons (Fsp3) is 0.391. The van der Waals surface area contributed by atoms with Crippen LogP contribution in [-0.4, -0.2) is 68.2 Å². The quantitative estimate of drug-likeness (QED) is 0.777. The van der Waals surface area contributed by atoms with E-state index >= 15 is 0 Å². The Hall–Kier alpha value is -3.22. The maximum atomic E-state index is 13.2. The lowest BCUT2D eigenvalue weighted by molar-refractivity contribution is -0.132. The van der Waals surface area contributed by atoms with Crippen molar-refractivity contribution in [3.8, 4) is 11.5 Å². The van der Waals surface area contributed by atoms with Gasteiger partial charge in [0, 0.05) is 31.9 Å². The van der Waals surface area contributed by atoms with Gasteiger partial charge in [-0.25, -0.2) is 0 Å². The Bertz CT molecular complexity index is 939. The number of methoxy groups -OCH3 is 2. The molecule has 2 aromatic rings. The zero-order valence-electron chi connectivity index (χ0n) is 17.6. The topological polar surface area (TPSA) is 62.3 Å². The number of hydrogen-bond donors (Lipinski definition) is 0. The molecule has 0 radical (unpaired) electrons. The van der Waals surface area contributed by atoms with Crippen LogP contribution in [0.5, 0.6) is 11.5 Å². The maximum absolute atomic E-state index is 13.2. The van der Waals surface area contributed by atoms with Crippen molar-refractivity contribution in [1.82, 2.24) is 9.80 Å². The molecule has 2 heterocycles. The first kappa shape index (κ1) is 20.1. The highest BCUT2D eigenvalue weighted by Gasteiger charge is 2.53. The van der Waals surface area contributed by atoms with Gasteiger partial charge in [0.1, 0.15) is 17.0 Å². The number of nitrogens with zero attached hydrogens (tertiary/aromatic N) is 3. The van der Waals surface area contributed by atoms with E-state index in [1.807, 2.05) is 42.3 Å². The third-order valence-corrected chi connectivity index (χ3v) is 6.20. The largest absolute Gasteiger partial charge is 0.497 e. The van der Waals surface area contributed by atoms with Crippen molar-refractivity contribution in [2.24, 2.45) is 0 Å². The van der Waals surface area contributed by atoms with Crippen molar-refractivity contribution in [1.29, 1.82) is 0 Å². The number of hydrogen-bond acceptors (Lipinski definition) is 5. The number of amides is 2. The maximum Gasteiger partial charge on any atom is 0.257 e. The van der Waals surface area contributed by atoms with Crippen LogP contribution in [0.25, 0.3) is 0 Å². The molecule has 2 aliphatic rings. The van der Waals surface area contributed by atoms with Crippen molar-refractivity contribution in [2.45, 2.75) is 18.4 Å². The molecule has 0 N–H and O–H groups in total. The molecule has 2 aliphatic heterocycles. The molecule has 2 saturated heterocycles. The average molecular weight is 409 g/mol. The second-order valence-electron chi connectivity index (χ2n) is 7.80. The Morgan fingerprint density at radius 2 is 1.70 bits per heavy atom. The zero-order valence-corrected chi connectivity index (χ0v) is 17.6. The fourth-order valence-corrected chi connectivity index (χ4v) is 4.53. The average Bonchev–Trinajstić information content (AvgIpc) is 3.04. The smallest absolute Gasteiger partial charge is 0.257 e. The molecule has 30 heavy (non-hydrogen) atoms. The zero-order chi connectivity index (χ0) is 21.3. The summed E-state index contributed by atoms with van der Waals surface area (Å²) in [5.41, 5.74) is 0.937. The minimum Gasteiger partial charge on any atom is -0.497 e. The first-order chi connectivity index (χ1) is 14.5. The van der Waals surface area contributed by atoms with E-state index < -0.39 is 5.54 Å². The Morgan fingerprint density at radius 3 is 2.33 bits per heavy atom. The van der Waals surface area contributed by atoms with Gasteiger partial charge >= 0.3 is 0 Å². The number of piperidine rings is 1. The lowest BCUT2D eigenvalue weighted by atomic mass is 9.85. The predicted octanol–water partition coefficient (Wildman–Crippen LogP) is 2.61. The van der Waals surface area contributed by atoms with Gasteiger partial charge in [-0.3, -0.25) is 9.59 Å². The predicted molar refractivity (Wildman–Crippen MR) is 114 cm³/mol. The molecule has 0 aromatic heterocycles. The second kappa shape index (κ2) is 7.89. The summed E-state index contributed by atoms with van der Waals surface area (Å²) in [6, 6.07) is 15.2. The van der Waals surface area contributed by atoms with E-state index in [0.717, 1.165) is 5.69 Å². The van der Waals surface area contributed by atoms with Crippen molar-refractivity contribution in [3.05, 3.63) is 54.1 Å². The lowest BCUT2D eigenvalue weighted by Gasteiger charge is -2.43. The van der Waals surface area contributed by atoms with Crippen LogP contribution in [0.4, 0.5) is 5.69 Å². The Labute approximate surface area is 176 Å². The number of carbonyl (C=O) groups excluding carboxylic acids is 2. The van der Waals surface area contributed by atoms with Crippen molar-refractivity contribution in [2.75, 3.05) is 45.9 Å². The molecule has 0 aliphatic carbocycles. The van der Waals surface area contributed by atoms with E-state index in [1.54, 1.807) is 37.3 Å². The highest BCUT2D eigenvalue weighted by molar-refractivity contribution is 5.98. The fourth-order valence-electron chi connectivity index (χ4n) is 4.53. The molecule has 0 bridgehead atoms. The van der Waals surface area contributed by atoms with Gasteiger partial charge in [0.2, 0.25) is 5.91 Å². The van der Waals surface area contributed by atoms with Crippen LogP contribution in [0, 0.1) is 0 Å². The molecule has 0 unspecified atom stereocenters. The third kappa shape index (κ3) is 3.24. The Balaban J connectivity index is 1.55. The van der Waals surface area contributed by atoms with Crippen molar-refractivity contribution in [3.63, 3.8) is 0 Å². The summed E-state index contributed by atoms with van der Waals surface area (Å²) in [4.78, 5) is 32.1. The van der Waals surface area contributed by atoms with E-state index in [0.29, 0.717) is 49.7 Å². The summed E-state index contributed by atoms with van der Waals surface area (Å²) in [6.07, 6.45) is 1.19. The van der Waals surface area contributed by atoms with Gasteiger partial charge in [0.05, 0.1) is 26.5 Å². The molecule has 2 amide bonds. The first-order valence-electron chi connectivity index (χ1n) is 10.1. The minimum absolute atomic E-state index is 0.0885. The number of ether oxygens (including phenoxy) is 2. The summed E-state index contributed by atoms with van der Waals surface area (Å²) in [5.74, 6) is 1.16. The van der Waals surface area contributed by atoms with Gasteiger partial charge in [-0.05, 0) is 37.1 Å². The molecule has 158 valence electrons. The third-order valence-electron chi connectivity index (χ3n) is 6.20. The summed E-state index contributed by atoms with van der Waals surface area (Å²) < 4.78 is 10.6. The number of carbonyl (C=O) groups is 2. The molecule has 4 rings (SSSR count). The first-order valence-corrected chi connectivity index (χ1v) is 10.1. The number of para-hydroxylation sites is 1. The van der Waals surface area contributed by atoms with E-state index in [1.165, 1.54) is 0 Å². The molecule has 1 spiro atoms. The van der Waals surface area contributed by atoms with E-state index in [-0.39, 0.29) is 11.8 Å². The standard InChI is InChI=1S/C23H27N3O4/c1-24-16-26(17-7-5-4-6-8-17)23(22(24)28)11-13-25(14-12-23)21(27)19-10-9-18(29-2)15-20(19)30-3/h4-10,15H,11-14,16H2,1-3H3. The van der Waals surface area contributed by atoms with E-state index in [2.05, 4.69) is 4.90 Å². The number of anilines is 1. The van der Waals surface area contributed by atoms with Gasteiger partial charge < -0.3 is 24.2 Å². The van der Waals surface area contributed by atoms with Gasteiger partial charge in [-0.1, -0.05) is 18.2 Å². The summed E-state index contributed by atoms with van der Waals surface area (Å²) >= 11 is 0. The number of rotatable bonds is 4. The van der Waals surface area contributed by atoms with Crippen molar-refractivity contribution < 1.29 is 19.1 Å². The number of benzene rings is 2. The normalized spacial score (nSPS) is 18.1. The van der Waals surface area contributed by atoms with Crippen LogP contribution in [0.1, 0.15) is 23.2 Å². The van der Waals surface area contributed by atoms with Crippen LogP contribution in [0.2, 0.25) is 0 Å². The molecule has 7 heteroatoms. The number of likely N-dealkylation sites (tertiary alicyclic amines) is 1. The highest BCUT2D eigenvalue weighted by atomic mass is 16.5. The molecule has 7 nitrogen and oxygen atoms in total. The minimum atomic E-state index is -0.600. The molecule has 2 aromatic carbocycles. The Kier molecular flexibility index (Phi) is 5.28. The molecular weight excluding hydrogens is 382 g/mol. The van der Waals surface area contributed by atoms with Crippen molar-refractivity contribution >= 4 is 17.5 Å². The van der Waals surface area contributed by atoms with Crippen LogP contribution < -0.4 is 14.4 Å². The van der Waals surface area contributed by atoms with Gasteiger partial charge in [-0.15, -0.1) is 0 Å². The summed E-state index contributed by atoms with van der Waals surface area (Å²) in [5, 5.41) is 0. The van der Waals surface area contributed by atoms with Gasteiger partial charge in [0.15, 0.2) is 0 Å². The highest BCUT2D eigenvalue weighted by Crippen LogP contribution is 2.39. The van der Waals surface area contributed by atoms with Gasteiger partial charge in [0.25, 0.3) is 5.91 Å². The Morgan fingerprint density at radius 1 is 1.00 bits per heavy atom. The monoisotopic (exact) mass is 409 g/mol. The summed E-state index contributed by atoms with van der Waals surface area (Å²) in [6.45, 7) is 1.58. The van der Waals surface area contributed by atoms with E-state index in [4.69, 9.17) is 9.47 Å². The number of likely N-dealkylation sites (N-methyl/N-ethyl adjacent to an activating group) is 1. The van der Waals surface area contributed by atoms with Crippen LogP contribution in [0.3, 0.4) is 0 Å². The van der Waals surface area contributed by atoms with Crippen LogP contribution in [0.15, 0.2) is 48.5 Å². The lowest BCUT2D eigenvalue weighted by Crippen LogP contribution is -2.57. The molecule has 0 saturated carbocycles.